The topological polar surface area (TPSA) is 80.1 Å². The molecule has 0 spiro atoms. The van der Waals surface area contributed by atoms with Crippen molar-refractivity contribution in [2.45, 2.75) is 51.6 Å². The van der Waals surface area contributed by atoms with E-state index in [4.69, 9.17) is 10.5 Å². The minimum atomic E-state index is -1.04. The summed E-state index contributed by atoms with van der Waals surface area (Å²) in [4.78, 5) is 16.6. The maximum absolute atomic E-state index is 13.8. The fourth-order valence-corrected chi connectivity index (χ4v) is 4.36. The van der Waals surface area contributed by atoms with E-state index in [1.54, 1.807) is 13.0 Å². The molecule has 34 heavy (non-hydrogen) atoms. The number of nitrogens with one attached hydrogen (secondary N) is 2. The Morgan fingerprint density at radius 2 is 2.03 bits per heavy atom. The third-order valence-electron chi connectivity index (χ3n) is 6.13. The van der Waals surface area contributed by atoms with Crippen LogP contribution in [0.3, 0.4) is 0 Å². The first kappa shape index (κ1) is 23.8. The molecule has 1 aromatic heterocycles. The molecule has 1 aliphatic rings. The van der Waals surface area contributed by atoms with E-state index in [1.807, 2.05) is 19.2 Å². The second-order valence-electron chi connectivity index (χ2n) is 9.32. The van der Waals surface area contributed by atoms with Crippen LogP contribution in [0.4, 0.5) is 4.39 Å². The van der Waals surface area contributed by atoms with Crippen molar-refractivity contribution in [3.8, 4) is 0 Å². The van der Waals surface area contributed by atoms with E-state index in [0.717, 1.165) is 28.5 Å². The zero-order valence-corrected chi connectivity index (χ0v) is 20.0. The van der Waals surface area contributed by atoms with Gasteiger partial charge < -0.3 is 20.8 Å². The number of carbonyl (C=O) groups is 1. The summed E-state index contributed by atoms with van der Waals surface area (Å²) < 4.78 is 19.7. The number of carbonyl (C=O) groups excluding carboxylic acids is 1. The Bertz CT molecular complexity index is 1240. The molecule has 0 fully saturated rings. The van der Waals surface area contributed by atoms with E-state index in [1.165, 1.54) is 17.7 Å². The van der Waals surface area contributed by atoms with Gasteiger partial charge in [0, 0.05) is 29.4 Å². The first-order chi connectivity index (χ1) is 16.3. The maximum Gasteiger partial charge on any atom is 0.252 e. The average Bonchev–Trinajstić information content (AvgIpc) is 3.18. The third-order valence-corrected chi connectivity index (χ3v) is 6.13. The normalized spacial score (nSPS) is 17.6. The van der Waals surface area contributed by atoms with Gasteiger partial charge >= 0.3 is 0 Å². The van der Waals surface area contributed by atoms with Crippen LogP contribution in [0.15, 0.2) is 72.1 Å². The van der Waals surface area contributed by atoms with Crippen molar-refractivity contribution in [2.24, 2.45) is 5.73 Å². The second kappa shape index (κ2) is 9.85. The molecule has 3 aromatic rings. The Morgan fingerprint density at radius 3 is 2.76 bits per heavy atom. The van der Waals surface area contributed by atoms with Crippen LogP contribution in [0.1, 0.15) is 49.3 Å². The smallest absolute Gasteiger partial charge is 0.252 e. The van der Waals surface area contributed by atoms with Gasteiger partial charge in [0.1, 0.15) is 11.6 Å². The lowest BCUT2D eigenvalue weighted by Gasteiger charge is -2.29. The number of hydrogen-bond acceptors (Lipinski definition) is 3. The van der Waals surface area contributed by atoms with Crippen LogP contribution < -0.4 is 11.1 Å². The summed E-state index contributed by atoms with van der Waals surface area (Å²) in [6.45, 7) is 6.39. The molecule has 2 unspecified atom stereocenters. The largest absolute Gasteiger partial charge is 0.493 e. The van der Waals surface area contributed by atoms with Gasteiger partial charge in [0.25, 0.3) is 5.91 Å². The molecule has 6 heteroatoms. The Labute approximate surface area is 199 Å². The van der Waals surface area contributed by atoms with Crippen LogP contribution in [0.5, 0.6) is 0 Å². The van der Waals surface area contributed by atoms with Gasteiger partial charge in [0.2, 0.25) is 0 Å². The van der Waals surface area contributed by atoms with Gasteiger partial charge in [-0.25, -0.2) is 4.39 Å². The highest BCUT2D eigenvalue weighted by Gasteiger charge is 2.29. The van der Waals surface area contributed by atoms with E-state index in [9.17, 15) is 9.18 Å². The number of rotatable bonds is 8. The number of fused-ring (bicyclic) bond motifs is 1. The number of aromatic nitrogens is 1. The van der Waals surface area contributed by atoms with Crippen molar-refractivity contribution in [2.75, 3.05) is 6.61 Å². The Kier molecular flexibility index (Phi) is 6.89. The molecule has 1 aliphatic carbocycles. The van der Waals surface area contributed by atoms with Gasteiger partial charge in [-0.05, 0) is 62.1 Å². The van der Waals surface area contributed by atoms with Crippen molar-refractivity contribution in [3.05, 3.63) is 94.7 Å². The van der Waals surface area contributed by atoms with Crippen molar-refractivity contribution >= 4 is 16.8 Å². The lowest BCUT2D eigenvalue weighted by atomic mass is 9.86. The van der Waals surface area contributed by atoms with E-state index >= 15 is 0 Å². The molecule has 178 valence electrons. The molecule has 0 radical (unpaired) electrons. The standard InChI is InChI=1S/C28H32FN3O2/c1-4-13-34-26-12-9-20(19-7-5-18(2)6-8-19)14-24(26)27(33)32-28(3,30)16-21-17-31-25-11-10-22(29)15-23(21)25/h5-12,15,17,20,31H,4,13-14,16,30H2,1-3H3,(H,32,33). The molecular formula is C28H32FN3O2. The summed E-state index contributed by atoms with van der Waals surface area (Å²) in [6, 6.07) is 12.9. The molecule has 5 nitrogen and oxygen atoms in total. The number of ether oxygens (including phenoxy) is 1. The molecule has 4 rings (SSSR count). The summed E-state index contributed by atoms with van der Waals surface area (Å²) in [5.41, 5.74) is 10.1. The number of halogens is 1. The summed E-state index contributed by atoms with van der Waals surface area (Å²) in [5, 5.41) is 3.75. The van der Waals surface area contributed by atoms with Crippen LogP contribution in [0.2, 0.25) is 0 Å². The van der Waals surface area contributed by atoms with Crippen LogP contribution in [-0.2, 0) is 16.0 Å². The van der Waals surface area contributed by atoms with Crippen LogP contribution in [0.25, 0.3) is 10.9 Å². The average molecular weight is 462 g/mol. The Morgan fingerprint density at radius 1 is 1.26 bits per heavy atom. The lowest BCUT2D eigenvalue weighted by molar-refractivity contribution is -0.119. The lowest BCUT2D eigenvalue weighted by Crippen LogP contribution is -2.55. The van der Waals surface area contributed by atoms with Gasteiger partial charge in [-0.15, -0.1) is 0 Å². The minimum absolute atomic E-state index is 0.0796. The van der Waals surface area contributed by atoms with Crippen molar-refractivity contribution in [1.29, 1.82) is 0 Å². The van der Waals surface area contributed by atoms with Gasteiger partial charge in [0.05, 0.1) is 17.8 Å². The third kappa shape index (κ3) is 5.39. The van der Waals surface area contributed by atoms with Gasteiger partial charge in [-0.1, -0.05) is 42.8 Å². The van der Waals surface area contributed by atoms with Gasteiger partial charge in [-0.3, -0.25) is 4.79 Å². The second-order valence-corrected chi connectivity index (χ2v) is 9.32. The highest BCUT2D eigenvalue weighted by atomic mass is 19.1. The Balaban J connectivity index is 1.54. The number of aromatic amines is 1. The molecule has 0 saturated heterocycles. The van der Waals surface area contributed by atoms with Crippen molar-refractivity contribution in [1.82, 2.24) is 10.3 Å². The quantitative estimate of drug-likeness (QED) is 0.394. The summed E-state index contributed by atoms with van der Waals surface area (Å²) >= 11 is 0. The highest BCUT2D eigenvalue weighted by Crippen LogP contribution is 2.33. The van der Waals surface area contributed by atoms with Crippen LogP contribution >= 0.6 is 0 Å². The first-order valence-electron chi connectivity index (χ1n) is 11.7. The monoisotopic (exact) mass is 461 g/mol. The van der Waals surface area contributed by atoms with E-state index in [2.05, 4.69) is 47.6 Å². The van der Waals surface area contributed by atoms with Gasteiger partial charge in [-0.2, -0.15) is 0 Å². The van der Waals surface area contributed by atoms with E-state index < -0.39 is 5.66 Å². The summed E-state index contributed by atoms with van der Waals surface area (Å²) in [5.74, 6) is 0.113. The molecule has 2 atom stereocenters. The zero-order valence-electron chi connectivity index (χ0n) is 20.0. The molecule has 1 amide bonds. The van der Waals surface area contributed by atoms with Crippen LogP contribution in [-0.4, -0.2) is 23.2 Å². The Hall–Kier alpha value is -3.38. The minimum Gasteiger partial charge on any atom is -0.493 e. The number of nitrogens with two attached hydrogens (primary N) is 1. The number of allylic oxidation sites excluding steroid dienone is 2. The molecule has 2 aromatic carbocycles. The number of benzene rings is 2. The zero-order chi connectivity index (χ0) is 24.3. The number of hydrogen-bond donors (Lipinski definition) is 3. The fraction of sp³-hybridized carbons (Fsp3) is 0.321. The van der Waals surface area contributed by atoms with Gasteiger partial charge in [0.15, 0.2) is 0 Å². The fourth-order valence-electron chi connectivity index (χ4n) is 4.36. The molecular weight excluding hydrogens is 429 g/mol. The summed E-state index contributed by atoms with van der Waals surface area (Å²) in [6.07, 6.45) is 7.52. The van der Waals surface area contributed by atoms with Crippen molar-refractivity contribution < 1.29 is 13.9 Å². The highest BCUT2D eigenvalue weighted by molar-refractivity contribution is 5.95. The van der Waals surface area contributed by atoms with E-state index in [0.29, 0.717) is 30.8 Å². The maximum atomic E-state index is 13.8. The molecule has 1 heterocycles. The first-order valence-corrected chi connectivity index (χ1v) is 11.7. The number of aryl methyl sites for hydroxylation is 1. The molecule has 0 bridgehead atoms. The SMILES string of the molecule is CCCOC1=C(C(=O)NC(C)(N)Cc2c[nH]c3ccc(F)cc23)CC(c2ccc(C)cc2)C=C1. The van der Waals surface area contributed by atoms with E-state index in [-0.39, 0.29) is 17.6 Å². The number of H-pyrrole nitrogens is 1. The number of amides is 1. The predicted octanol–water partition coefficient (Wildman–Crippen LogP) is 5.37. The summed E-state index contributed by atoms with van der Waals surface area (Å²) in [7, 11) is 0. The predicted molar refractivity (Wildman–Crippen MR) is 134 cm³/mol. The van der Waals surface area contributed by atoms with Crippen LogP contribution in [0, 0.1) is 12.7 Å². The molecule has 0 saturated carbocycles. The molecule has 4 N–H and O–H groups in total. The van der Waals surface area contributed by atoms with Crippen molar-refractivity contribution in [3.63, 3.8) is 0 Å². The molecule has 0 aliphatic heterocycles.